The van der Waals surface area contributed by atoms with Gasteiger partial charge in [0.25, 0.3) is 0 Å². The van der Waals surface area contributed by atoms with Gasteiger partial charge in [0, 0.05) is 19.6 Å². The van der Waals surface area contributed by atoms with Crippen LogP contribution in [0.15, 0.2) is 16.6 Å². The minimum absolute atomic E-state index is 0.0545. The smallest absolute Gasteiger partial charge is 0.170 e. The van der Waals surface area contributed by atoms with E-state index in [2.05, 4.69) is 15.9 Å². The van der Waals surface area contributed by atoms with Crippen molar-refractivity contribution in [3.63, 3.8) is 0 Å². The predicted octanol–water partition coefficient (Wildman–Crippen LogP) is 3.32. The fraction of sp³-hybridized carbons (Fsp3) is 0.500. The maximum Gasteiger partial charge on any atom is 0.170 e. The number of rotatable bonds is 5. The van der Waals surface area contributed by atoms with E-state index < -0.39 is 11.4 Å². The molecular formula is C14H16BrFO4. The van der Waals surface area contributed by atoms with Gasteiger partial charge in [0.1, 0.15) is 24.0 Å². The Labute approximate surface area is 125 Å². The maximum atomic E-state index is 13.6. The predicted molar refractivity (Wildman–Crippen MR) is 74.5 cm³/mol. The van der Waals surface area contributed by atoms with Gasteiger partial charge < -0.3 is 14.2 Å². The molecule has 1 unspecified atom stereocenters. The first-order chi connectivity index (χ1) is 9.45. The van der Waals surface area contributed by atoms with E-state index in [-0.39, 0.29) is 29.2 Å². The number of hydrogen-bond donors (Lipinski definition) is 0. The summed E-state index contributed by atoms with van der Waals surface area (Å²) in [5.74, 6) is -0.214. The monoisotopic (exact) mass is 346 g/mol. The zero-order valence-corrected chi connectivity index (χ0v) is 13.0. The number of fused-ring (bicyclic) bond motifs is 1. The van der Waals surface area contributed by atoms with Crippen LogP contribution in [0.3, 0.4) is 0 Å². The Hall–Kier alpha value is -0.980. The number of benzene rings is 1. The number of methoxy groups -OCH3 is 1. The minimum atomic E-state index is -0.682. The van der Waals surface area contributed by atoms with E-state index in [9.17, 15) is 9.18 Å². The minimum Gasteiger partial charge on any atom is -0.486 e. The summed E-state index contributed by atoms with van der Waals surface area (Å²) in [6.07, 6.45) is 0.771. The van der Waals surface area contributed by atoms with Crippen LogP contribution in [0.5, 0.6) is 5.75 Å². The third kappa shape index (κ3) is 3.37. The van der Waals surface area contributed by atoms with Crippen molar-refractivity contribution < 1.29 is 23.4 Å². The third-order valence-electron chi connectivity index (χ3n) is 3.19. The second kappa shape index (κ2) is 6.20. The Balaban J connectivity index is 2.13. The SMILES string of the molecule is COCOCCC1(C)CC(=O)c2cc(Br)c(F)cc2O1. The van der Waals surface area contributed by atoms with E-state index in [4.69, 9.17) is 14.2 Å². The van der Waals surface area contributed by atoms with Gasteiger partial charge in [0.2, 0.25) is 0 Å². The number of halogens is 2. The Kier molecular flexibility index (Phi) is 4.78. The molecule has 2 rings (SSSR count). The van der Waals surface area contributed by atoms with E-state index >= 15 is 0 Å². The summed E-state index contributed by atoms with van der Waals surface area (Å²) in [5, 5.41) is 0. The van der Waals surface area contributed by atoms with Gasteiger partial charge >= 0.3 is 0 Å². The van der Waals surface area contributed by atoms with Crippen molar-refractivity contribution in [2.45, 2.75) is 25.4 Å². The van der Waals surface area contributed by atoms with Gasteiger partial charge in [-0.05, 0) is 28.9 Å². The number of hydrogen-bond acceptors (Lipinski definition) is 4. The van der Waals surface area contributed by atoms with Gasteiger partial charge in [-0.25, -0.2) is 4.39 Å². The summed E-state index contributed by atoms with van der Waals surface area (Å²) in [5.41, 5.74) is -0.272. The standard InChI is InChI=1S/C14H16BrFO4/c1-14(3-4-19-8-18-2)7-12(17)9-5-10(15)11(16)6-13(9)20-14/h5-6H,3-4,7-8H2,1-2H3. The molecule has 0 aromatic heterocycles. The molecule has 0 aliphatic carbocycles. The molecule has 1 atom stereocenters. The van der Waals surface area contributed by atoms with Crippen LogP contribution >= 0.6 is 15.9 Å². The molecule has 0 spiro atoms. The van der Waals surface area contributed by atoms with Crippen LogP contribution in [0.2, 0.25) is 0 Å². The molecule has 1 aromatic carbocycles. The molecule has 0 bridgehead atoms. The molecule has 0 saturated carbocycles. The number of carbonyl (C=O) groups is 1. The highest BCUT2D eigenvalue weighted by Gasteiger charge is 2.36. The Bertz CT molecular complexity index is 520. The van der Waals surface area contributed by atoms with Crippen LogP contribution in [0.25, 0.3) is 0 Å². The molecule has 20 heavy (non-hydrogen) atoms. The average Bonchev–Trinajstić information content (AvgIpc) is 2.37. The van der Waals surface area contributed by atoms with Crippen molar-refractivity contribution in [2.24, 2.45) is 0 Å². The molecule has 1 heterocycles. The van der Waals surface area contributed by atoms with Crippen molar-refractivity contribution in [3.8, 4) is 5.75 Å². The first kappa shape index (κ1) is 15.4. The van der Waals surface area contributed by atoms with E-state index in [1.807, 2.05) is 6.92 Å². The molecule has 1 aliphatic heterocycles. The van der Waals surface area contributed by atoms with Crippen LogP contribution in [0.4, 0.5) is 4.39 Å². The van der Waals surface area contributed by atoms with Crippen molar-refractivity contribution in [3.05, 3.63) is 28.0 Å². The van der Waals surface area contributed by atoms with Crippen LogP contribution in [-0.4, -0.2) is 31.9 Å². The lowest BCUT2D eigenvalue weighted by Crippen LogP contribution is -2.40. The van der Waals surface area contributed by atoms with Crippen LogP contribution < -0.4 is 4.74 Å². The van der Waals surface area contributed by atoms with Crippen LogP contribution in [0, 0.1) is 5.82 Å². The summed E-state index contributed by atoms with van der Waals surface area (Å²) < 4.78 is 29.6. The molecule has 110 valence electrons. The van der Waals surface area contributed by atoms with Crippen molar-refractivity contribution in [1.29, 1.82) is 0 Å². The van der Waals surface area contributed by atoms with Crippen molar-refractivity contribution in [2.75, 3.05) is 20.5 Å². The van der Waals surface area contributed by atoms with E-state index in [0.29, 0.717) is 18.6 Å². The van der Waals surface area contributed by atoms with Crippen LogP contribution in [0.1, 0.15) is 30.1 Å². The lowest BCUT2D eigenvalue weighted by molar-refractivity contribution is -0.0504. The number of ketones is 1. The highest BCUT2D eigenvalue weighted by atomic mass is 79.9. The molecule has 4 nitrogen and oxygen atoms in total. The molecule has 0 saturated heterocycles. The van der Waals surface area contributed by atoms with Gasteiger partial charge in [-0.15, -0.1) is 0 Å². The molecule has 0 fully saturated rings. The molecule has 6 heteroatoms. The molecular weight excluding hydrogens is 331 g/mol. The lowest BCUT2D eigenvalue weighted by Gasteiger charge is -2.35. The summed E-state index contributed by atoms with van der Waals surface area (Å²) in [6.45, 7) is 2.43. The molecule has 1 aliphatic rings. The second-order valence-corrected chi connectivity index (χ2v) is 5.83. The first-order valence-corrected chi connectivity index (χ1v) is 7.02. The normalized spacial score (nSPS) is 21.5. The largest absolute Gasteiger partial charge is 0.486 e. The summed E-state index contributed by atoms with van der Waals surface area (Å²) in [7, 11) is 1.54. The molecule has 0 radical (unpaired) electrons. The molecule has 0 amide bonds. The Morgan fingerprint density at radius 3 is 2.95 bits per heavy atom. The molecule has 0 N–H and O–H groups in total. The van der Waals surface area contributed by atoms with Crippen molar-refractivity contribution >= 4 is 21.7 Å². The van der Waals surface area contributed by atoms with Gasteiger partial charge in [-0.2, -0.15) is 0 Å². The van der Waals surface area contributed by atoms with Gasteiger partial charge in [0.15, 0.2) is 5.78 Å². The fourth-order valence-electron chi connectivity index (χ4n) is 2.14. The van der Waals surface area contributed by atoms with E-state index in [1.54, 1.807) is 7.11 Å². The first-order valence-electron chi connectivity index (χ1n) is 6.23. The zero-order chi connectivity index (χ0) is 14.8. The summed E-state index contributed by atoms with van der Waals surface area (Å²) in [6, 6.07) is 2.71. The number of ether oxygens (including phenoxy) is 3. The van der Waals surface area contributed by atoms with Gasteiger partial charge in [0.05, 0.1) is 23.1 Å². The number of carbonyl (C=O) groups excluding carboxylic acids is 1. The second-order valence-electron chi connectivity index (χ2n) is 4.98. The maximum absolute atomic E-state index is 13.6. The lowest BCUT2D eigenvalue weighted by atomic mass is 9.89. The topological polar surface area (TPSA) is 44.8 Å². The van der Waals surface area contributed by atoms with E-state index in [0.717, 1.165) is 0 Å². The highest BCUT2D eigenvalue weighted by molar-refractivity contribution is 9.10. The van der Waals surface area contributed by atoms with Crippen LogP contribution in [-0.2, 0) is 9.47 Å². The molecule has 1 aromatic rings. The zero-order valence-electron chi connectivity index (χ0n) is 11.4. The van der Waals surface area contributed by atoms with Gasteiger partial charge in [-0.1, -0.05) is 0 Å². The Morgan fingerprint density at radius 2 is 2.25 bits per heavy atom. The highest BCUT2D eigenvalue weighted by Crippen LogP contribution is 2.37. The quantitative estimate of drug-likeness (QED) is 0.606. The Morgan fingerprint density at radius 1 is 1.50 bits per heavy atom. The summed E-state index contributed by atoms with van der Waals surface area (Å²) in [4.78, 5) is 12.2. The van der Waals surface area contributed by atoms with E-state index in [1.165, 1.54) is 12.1 Å². The summed E-state index contributed by atoms with van der Waals surface area (Å²) >= 11 is 3.07. The third-order valence-corrected chi connectivity index (χ3v) is 3.80. The number of Topliss-reactive ketones (excluding diaryl/α,β-unsaturated/α-hetero) is 1. The van der Waals surface area contributed by atoms with Gasteiger partial charge in [-0.3, -0.25) is 4.79 Å². The van der Waals surface area contributed by atoms with Crippen molar-refractivity contribution in [1.82, 2.24) is 0 Å². The average molecular weight is 347 g/mol. The fourth-order valence-corrected chi connectivity index (χ4v) is 2.48.